The Morgan fingerprint density at radius 2 is 1.96 bits per heavy atom. The number of benzene rings is 1. The third-order valence-corrected chi connectivity index (χ3v) is 4.49. The van der Waals surface area contributed by atoms with E-state index in [-0.39, 0.29) is 23.2 Å². The summed E-state index contributed by atoms with van der Waals surface area (Å²) < 4.78 is 20.2. The summed E-state index contributed by atoms with van der Waals surface area (Å²) in [7, 11) is 0. The molecule has 1 N–H and O–H groups in total. The van der Waals surface area contributed by atoms with E-state index < -0.39 is 0 Å². The molecule has 3 rings (SSSR count). The van der Waals surface area contributed by atoms with Gasteiger partial charge in [-0.3, -0.25) is 9.48 Å². The summed E-state index contributed by atoms with van der Waals surface area (Å²) in [4.78, 5) is 12.9. The van der Waals surface area contributed by atoms with Crippen LogP contribution >= 0.6 is 0 Å². The van der Waals surface area contributed by atoms with Gasteiger partial charge in [0.15, 0.2) is 0 Å². The van der Waals surface area contributed by atoms with E-state index in [0.717, 1.165) is 17.0 Å². The van der Waals surface area contributed by atoms with Crippen LogP contribution in [0.5, 0.6) is 0 Å². The Kier molecular flexibility index (Phi) is 5.68. The Bertz CT molecular complexity index is 922. The molecule has 2 heterocycles. The van der Waals surface area contributed by atoms with Gasteiger partial charge in [0, 0.05) is 17.9 Å². The fourth-order valence-electron chi connectivity index (χ4n) is 2.93. The number of halogens is 1. The normalized spacial score (nSPS) is 12.8. The molecule has 0 aliphatic heterocycles. The molecule has 0 fully saturated rings. The lowest BCUT2D eigenvalue weighted by atomic mass is 9.92. The second kappa shape index (κ2) is 8.00. The van der Waals surface area contributed by atoms with Crippen molar-refractivity contribution >= 4 is 5.91 Å². The number of carbonyl (C=O) groups excluding carboxylic acids is 1. The SMILES string of the molecule is CC(Cc1ccco1)NC(=O)c1cc(C(C)(C)C)nn1Cc1ccc(F)cc1. The predicted octanol–water partition coefficient (Wildman–Crippen LogP) is 4.32. The maximum Gasteiger partial charge on any atom is 0.269 e. The zero-order valence-corrected chi connectivity index (χ0v) is 16.7. The molecule has 0 saturated heterocycles. The van der Waals surface area contributed by atoms with Crippen LogP contribution in [0.2, 0.25) is 0 Å². The van der Waals surface area contributed by atoms with Crippen LogP contribution in [-0.4, -0.2) is 21.7 Å². The monoisotopic (exact) mass is 383 g/mol. The molecule has 0 radical (unpaired) electrons. The number of amides is 1. The van der Waals surface area contributed by atoms with E-state index in [9.17, 15) is 9.18 Å². The number of carbonyl (C=O) groups is 1. The molecule has 0 spiro atoms. The number of hydrogen-bond acceptors (Lipinski definition) is 3. The highest BCUT2D eigenvalue weighted by Crippen LogP contribution is 2.22. The van der Waals surface area contributed by atoms with Crippen LogP contribution in [0.4, 0.5) is 4.39 Å². The summed E-state index contributed by atoms with van der Waals surface area (Å²) in [5, 5.41) is 7.66. The van der Waals surface area contributed by atoms with Crippen molar-refractivity contribution in [1.82, 2.24) is 15.1 Å². The summed E-state index contributed by atoms with van der Waals surface area (Å²) in [6.45, 7) is 8.49. The average Bonchev–Trinajstić information content (AvgIpc) is 3.26. The zero-order chi connectivity index (χ0) is 20.3. The van der Waals surface area contributed by atoms with Gasteiger partial charge in [-0.2, -0.15) is 5.10 Å². The van der Waals surface area contributed by atoms with Gasteiger partial charge in [0.2, 0.25) is 0 Å². The summed E-state index contributed by atoms with van der Waals surface area (Å²) in [6, 6.07) is 11.7. The molecule has 0 aliphatic rings. The Balaban J connectivity index is 1.82. The van der Waals surface area contributed by atoms with Gasteiger partial charge >= 0.3 is 0 Å². The van der Waals surface area contributed by atoms with Crippen LogP contribution in [0.3, 0.4) is 0 Å². The second-order valence-corrected chi connectivity index (χ2v) is 8.11. The molecule has 6 heteroatoms. The second-order valence-electron chi connectivity index (χ2n) is 8.11. The van der Waals surface area contributed by atoms with Crippen molar-refractivity contribution in [2.24, 2.45) is 0 Å². The topological polar surface area (TPSA) is 60.1 Å². The highest BCUT2D eigenvalue weighted by Gasteiger charge is 2.24. The summed E-state index contributed by atoms with van der Waals surface area (Å²) in [6.07, 6.45) is 2.23. The Morgan fingerprint density at radius 1 is 1.25 bits per heavy atom. The lowest BCUT2D eigenvalue weighted by molar-refractivity contribution is 0.0929. The molecule has 1 aromatic carbocycles. The summed E-state index contributed by atoms with van der Waals surface area (Å²) in [5.41, 5.74) is 2.00. The minimum absolute atomic E-state index is 0.0918. The largest absolute Gasteiger partial charge is 0.469 e. The molecular weight excluding hydrogens is 357 g/mol. The lowest BCUT2D eigenvalue weighted by Crippen LogP contribution is -2.35. The Morgan fingerprint density at radius 3 is 2.57 bits per heavy atom. The standard InChI is InChI=1S/C22H26FN3O2/c1-15(12-18-6-5-11-28-18)24-21(27)19-13-20(22(2,3)4)25-26(19)14-16-7-9-17(23)10-8-16/h5-11,13,15H,12,14H2,1-4H3,(H,24,27). The first kappa shape index (κ1) is 19.9. The summed E-state index contributed by atoms with van der Waals surface area (Å²) in [5.74, 6) is 0.344. The maximum absolute atomic E-state index is 13.2. The third kappa shape index (κ3) is 4.88. The molecule has 28 heavy (non-hydrogen) atoms. The highest BCUT2D eigenvalue weighted by atomic mass is 19.1. The summed E-state index contributed by atoms with van der Waals surface area (Å²) >= 11 is 0. The van der Waals surface area contributed by atoms with E-state index in [1.54, 1.807) is 23.1 Å². The van der Waals surface area contributed by atoms with Crippen LogP contribution in [0.1, 0.15) is 55.2 Å². The average molecular weight is 383 g/mol. The van der Waals surface area contributed by atoms with Gasteiger partial charge in [-0.05, 0) is 42.8 Å². The number of rotatable bonds is 6. The molecule has 0 aliphatic carbocycles. The van der Waals surface area contributed by atoms with Crippen molar-refractivity contribution in [1.29, 1.82) is 0 Å². The van der Waals surface area contributed by atoms with E-state index in [0.29, 0.717) is 18.7 Å². The maximum atomic E-state index is 13.2. The molecule has 0 bridgehead atoms. The minimum Gasteiger partial charge on any atom is -0.469 e. The van der Waals surface area contributed by atoms with Crippen LogP contribution in [0.15, 0.2) is 53.1 Å². The van der Waals surface area contributed by atoms with Crippen LogP contribution < -0.4 is 5.32 Å². The van der Waals surface area contributed by atoms with Gasteiger partial charge < -0.3 is 9.73 Å². The molecule has 0 saturated carbocycles. The van der Waals surface area contributed by atoms with Crippen molar-refractivity contribution in [3.8, 4) is 0 Å². The minimum atomic E-state index is -0.288. The highest BCUT2D eigenvalue weighted by molar-refractivity contribution is 5.93. The predicted molar refractivity (Wildman–Crippen MR) is 106 cm³/mol. The van der Waals surface area contributed by atoms with E-state index in [1.165, 1.54) is 12.1 Å². The molecule has 5 nitrogen and oxygen atoms in total. The van der Waals surface area contributed by atoms with Crippen molar-refractivity contribution in [3.63, 3.8) is 0 Å². The van der Waals surface area contributed by atoms with Crippen molar-refractivity contribution < 1.29 is 13.6 Å². The first-order valence-corrected chi connectivity index (χ1v) is 9.38. The molecule has 1 amide bonds. The quantitative estimate of drug-likeness (QED) is 0.689. The molecular formula is C22H26FN3O2. The van der Waals surface area contributed by atoms with Crippen LogP contribution in [-0.2, 0) is 18.4 Å². The molecule has 1 unspecified atom stereocenters. The third-order valence-electron chi connectivity index (χ3n) is 4.49. The molecule has 1 atom stereocenters. The zero-order valence-electron chi connectivity index (χ0n) is 16.7. The smallest absolute Gasteiger partial charge is 0.269 e. The van der Waals surface area contributed by atoms with Crippen molar-refractivity contribution in [2.45, 2.75) is 52.1 Å². The van der Waals surface area contributed by atoms with Gasteiger partial charge in [0.1, 0.15) is 17.3 Å². The first-order chi connectivity index (χ1) is 13.2. The van der Waals surface area contributed by atoms with Crippen molar-refractivity contribution in [2.75, 3.05) is 0 Å². The number of aromatic nitrogens is 2. The van der Waals surface area contributed by atoms with Crippen molar-refractivity contribution in [3.05, 3.63) is 77.3 Å². The Hall–Kier alpha value is -2.89. The molecule has 2 aromatic heterocycles. The number of nitrogens with zero attached hydrogens (tertiary/aromatic N) is 2. The lowest BCUT2D eigenvalue weighted by Gasteiger charge is -2.14. The van der Waals surface area contributed by atoms with Gasteiger partial charge in [0.25, 0.3) is 5.91 Å². The van der Waals surface area contributed by atoms with E-state index >= 15 is 0 Å². The van der Waals surface area contributed by atoms with E-state index in [4.69, 9.17) is 4.42 Å². The van der Waals surface area contributed by atoms with Gasteiger partial charge in [-0.25, -0.2) is 4.39 Å². The first-order valence-electron chi connectivity index (χ1n) is 9.38. The van der Waals surface area contributed by atoms with Gasteiger partial charge in [0.05, 0.1) is 18.5 Å². The number of hydrogen-bond donors (Lipinski definition) is 1. The van der Waals surface area contributed by atoms with Crippen LogP contribution in [0, 0.1) is 5.82 Å². The van der Waals surface area contributed by atoms with Gasteiger partial charge in [-0.15, -0.1) is 0 Å². The Labute approximate surface area is 164 Å². The fraction of sp³-hybridized carbons (Fsp3) is 0.364. The molecule has 3 aromatic rings. The fourth-order valence-corrected chi connectivity index (χ4v) is 2.93. The van der Waals surface area contributed by atoms with E-state index in [2.05, 4.69) is 31.2 Å². The van der Waals surface area contributed by atoms with Crippen LogP contribution in [0.25, 0.3) is 0 Å². The number of nitrogens with one attached hydrogen (secondary N) is 1. The van der Waals surface area contributed by atoms with E-state index in [1.807, 2.05) is 25.1 Å². The van der Waals surface area contributed by atoms with Gasteiger partial charge in [-0.1, -0.05) is 32.9 Å². The molecule has 148 valence electrons. The number of furan rings is 1.